The lowest BCUT2D eigenvalue weighted by Crippen LogP contribution is -2.09. The molecule has 2 rings (SSSR count). The fourth-order valence-electron chi connectivity index (χ4n) is 1.53. The second-order valence-corrected chi connectivity index (χ2v) is 4.58. The minimum atomic E-state index is -1.15. The summed E-state index contributed by atoms with van der Waals surface area (Å²) in [6, 6.07) is 3.67. The fraction of sp³-hybridized carbons (Fsp3) is 0.167. The molecule has 0 unspecified atom stereocenters. The minimum Gasteiger partial charge on any atom is -0.478 e. The lowest BCUT2D eigenvalue weighted by molar-refractivity contribution is 0.0697. The molecule has 0 saturated carbocycles. The van der Waals surface area contributed by atoms with Gasteiger partial charge >= 0.3 is 5.97 Å². The highest BCUT2D eigenvalue weighted by Gasteiger charge is 2.10. The summed E-state index contributed by atoms with van der Waals surface area (Å²) in [5.41, 5.74) is 0.356. The number of carbonyl (C=O) groups is 1. The highest BCUT2D eigenvalue weighted by molar-refractivity contribution is 7.09. The van der Waals surface area contributed by atoms with Crippen LogP contribution in [0.5, 0.6) is 0 Å². The van der Waals surface area contributed by atoms with Crippen LogP contribution in [0.15, 0.2) is 29.8 Å². The third-order valence-corrected chi connectivity index (χ3v) is 3.19. The fourth-order valence-corrected chi connectivity index (χ4v) is 2.15. The van der Waals surface area contributed by atoms with E-state index in [4.69, 9.17) is 5.11 Å². The Balaban J connectivity index is 2.02. The SMILES string of the molecule is O=C(O)c1cc(F)ccc1NCCc1nccs1. The second-order valence-electron chi connectivity index (χ2n) is 3.60. The van der Waals surface area contributed by atoms with Crippen LogP contribution >= 0.6 is 11.3 Å². The maximum Gasteiger partial charge on any atom is 0.337 e. The van der Waals surface area contributed by atoms with Crippen LogP contribution in [0.4, 0.5) is 10.1 Å². The van der Waals surface area contributed by atoms with Gasteiger partial charge in [-0.15, -0.1) is 11.3 Å². The van der Waals surface area contributed by atoms with Gasteiger partial charge in [0.15, 0.2) is 0 Å². The molecule has 0 bridgehead atoms. The predicted molar refractivity (Wildman–Crippen MR) is 67.7 cm³/mol. The van der Waals surface area contributed by atoms with Gasteiger partial charge in [0.25, 0.3) is 0 Å². The van der Waals surface area contributed by atoms with Crippen molar-refractivity contribution in [2.45, 2.75) is 6.42 Å². The minimum absolute atomic E-state index is 0.0610. The number of halogens is 1. The molecule has 0 saturated heterocycles. The molecule has 0 atom stereocenters. The number of nitrogens with zero attached hydrogens (tertiary/aromatic N) is 1. The van der Waals surface area contributed by atoms with Gasteiger partial charge in [0.1, 0.15) is 5.82 Å². The molecular weight excluding hydrogens is 255 g/mol. The predicted octanol–water partition coefficient (Wildman–Crippen LogP) is 2.64. The van der Waals surface area contributed by atoms with E-state index in [2.05, 4.69) is 10.3 Å². The number of thiazole rings is 1. The lowest BCUT2D eigenvalue weighted by Gasteiger charge is -2.08. The maximum absolute atomic E-state index is 13.0. The maximum atomic E-state index is 13.0. The average Bonchev–Trinajstić information content (AvgIpc) is 2.84. The quantitative estimate of drug-likeness (QED) is 0.873. The van der Waals surface area contributed by atoms with Gasteiger partial charge in [-0.2, -0.15) is 0 Å². The molecular formula is C12H11FN2O2S. The number of rotatable bonds is 5. The number of benzene rings is 1. The molecule has 0 fully saturated rings. The molecule has 0 aliphatic heterocycles. The Morgan fingerprint density at radius 2 is 2.33 bits per heavy atom. The van der Waals surface area contributed by atoms with Crippen LogP contribution < -0.4 is 5.32 Å². The molecule has 1 aromatic carbocycles. The van der Waals surface area contributed by atoms with E-state index in [1.165, 1.54) is 12.1 Å². The first-order valence-electron chi connectivity index (χ1n) is 5.32. The molecule has 1 heterocycles. The number of carboxylic acid groups (broad SMARTS) is 1. The van der Waals surface area contributed by atoms with Crippen LogP contribution in [0.2, 0.25) is 0 Å². The van der Waals surface area contributed by atoms with Crippen molar-refractivity contribution in [1.29, 1.82) is 0 Å². The Labute approximate surface area is 107 Å². The van der Waals surface area contributed by atoms with Crippen LogP contribution in [-0.4, -0.2) is 22.6 Å². The Hall–Kier alpha value is -1.95. The lowest BCUT2D eigenvalue weighted by atomic mass is 10.1. The Bertz CT molecular complexity index is 543. The van der Waals surface area contributed by atoms with Gasteiger partial charge in [-0.25, -0.2) is 14.2 Å². The van der Waals surface area contributed by atoms with Crippen LogP contribution in [0.3, 0.4) is 0 Å². The summed E-state index contributed by atoms with van der Waals surface area (Å²) >= 11 is 1.54. The Morgan fingerprint density at radius 1 is 1.50 bits per heavy atom. The molecule has 0 aliphatic rings. The number of hydrogen-bond acceptors (Lipinski definition) is 4. The van der Waals surface area contributed by atoms with Gasteiger partial charge in [-0.3, -0.25) is 0 Å². The zero-order valence-corrected chi connectivity index (χ0v) is 10.2. The molecule has 1 aromatic heterocycles. The first-order valence-corrected chi connectivity index (χ1v) is 6.20. The van der Waals surface area contributed by atoms with E-state index >= 15 is 0 Å². The van der Waals surface area contributed by atoms with Gasteiger partial charge in [-0.05, 0) is 18.2 Å². The van der Waals surface area contributed by atoms with E-state index < -0.39 is 11.8 Å². The number of aromatic carboxylic acids is 1. The van der Waals surface area contributed by atoms with Gasteiger partial charge in [0, 0.05) is 30.2 Å². The van der Waals surface area contributed by atoms with E-state index in [9.17, 15) is 9.18 Å². The molecule has 2 aromatic rings. The van der Waals surface area contributed by atoms with E-state index in [1.807, 2.05) is 5.38 Å². The summed E-state index contributed by atoms with van der Waals surface area (Å²) in [5, 5.41) is 14.8. The molecule has 0 spiro atoms. The largest absolute Gasteiger partial charge is 0.478 e. The van der Waals surface area contributed by atoms with Crippen molar-refractivity contribution in [3.8, 4) is 0 Å². The molecule has 6 heteroatoms. The van der Waals surface area contributed by atoms with E-state index in [0.717, 1.165) is 11.1 Å². The molecule has 2 N–H and O–H groups in total. The number of hydrogen-bond donors (Lipinski definition) is 2. The van der Waals surface area contributed by atoms with Crippen molar-refractivity contribution in [3.63, 3.8) is 0 Å². The Morgan fingerprint density at radius 3 is 3.00 bits per heavy atom. The van der Waals surface area contributed by atoms with Crippen LogP contribution in [-0.2, 0) is 6.42 Å². The highest BCUT2D eigenvalue weighted by atomic mass is 32.1. The van der Waals surface area contributed by atoms with Crippen molar-refractivity contribution in [2.75, 3.05) is 11.9 Å². The van der Waals surface area contributed by atoms with Crippen molar-refractivity contribution in [1.82, 2.24) is 4.98 Å². The van der Waals surface area contributed by atoms with Gasteiger partial charge in [0.05, 0.1) is 10.6 Å². The number of carboxylic acids is 1. The summed E-state index contributed by atoms with van der Waals surface area (Å²) in [7, 11) is 0. The van der Waals surface area contributed by atoms with Gasteiger partial charge in [0.2, 0.25) is 0 Å². The van der Waals surface area contributed by atoms with Crippen molar-refractivity contribution in [3.05, 3.63) is 46.2 Å². The smallest absolute Gasteiger partial charge is 0.337 e. The molecule has 18 heavy (non-hydrogen) atoms. The number of aromatic nitrogens is 1. The molecule has 0 radical (unpaired) electrons. The van der Waals surface area contributed by atoms with Crippen molar-refractivity contribution >= 4 is 23.0 Å². The zero-order valence-electron chi connectivity index (χ0n) is 9.39. The third kappa shape index (κ3) is 3.04. The monoisotopic (exact) mass is 266 g/mol. The van der Waals surface area contributed by atoms with Gasteiger partial charge < -0.3 is 10.4 Å². The molecule has 0 aliphatic carbocycles. The standard InChI is InChI=1S/C12H11FN2O2S/c13-8-1-2-10(9(7-8)12(16)17)14-4-3-11-15-5-6-18-11/h1-2,5-7,14H,3-4H2,(H,16,17). The normalized spacial score (nSPS) is 10.3. The summed E-state index contributed by atoms with van der Waals surface area (Å²) in [6.45, 7) is 0.555. The Kier molecular flexibility index (Phi) is 3.88. The van der Waals surface area contributed by atoms with Gasteiger partial charge in [-0.1, -0.05) is 0 Å². The van der Waals surface area contributed by atoms with E-state index in [-0.39, 0.29) is 5.56 Å². The highest BCUT2D eigenvalue weighted by Crippen LogP contribution is 2.17. The first kappa shape index (κ1) is 12.5. The molecule has 0 amide bonds. The third-order valence-electron chi connectivity index (χ3n) is 2.35. The van der Waals surface area contributed by atoms with Crippen molar-refractivity contribution in [2.24, 2.45) is 0 Å². The summed E-state index contributed by atoms with van der Waals surface area (Å²) in [4.78, 5) is 15.1. The van der Waals surface area contributed by atoms with Crippen LogP contribution in [0.1, 0.15) is 15.4 Å². The van der Waals surface area contributed by atoms with Crippen LogP contribution in [0.25, 0.3) is 0 Å². The molecule has 4 nitrogen and oxygen atoms in total. The first-order chi connectivity index (χ1) is 8.66. The average molecular weight is 266 g/mol. The topological polar surface area (TPSA) is 62.2 Å². The van der Waals surface area contributed by atoms with Crippen molar-refractivity contribution < 1.29 is 14.3 Å². The summed E-state index contributed by atoms with van der Waals surface area (Å²) in [6.07, 6.45) is 2.43. The summed E-state index contributed by atoms with van der Waals surface area (Å²) in [5.74, 6) is -1.70. The number of anilines is 1. The second kappa shape index (κ2) is 5.59. The van der Waals surface area contributed by atoms with Crippen LogP contribution in [0, 0.1) is 5.82 Å². The summed E-state index contributed by atoms with van der Waals surface area (Å²) < 4.78 is 13.0. The van der Waals surface area contributed by atoms with E-state index in [0.29, 0.717) is 18.7 Å². The van der Waals surface area contributed by atoms with E-state index in [1.54, 1.807) is 17.5 Å². The zero-order chi connectivity index (χ0) is 13.0. The number of nitrogens with one attached hydrogen (secondary N) is 1. The molecule has 94 valence electrons.